The molecule has 4 N–H and O–H groups in total. The highest BCUT2D eigenvalue weighted by Gasteiger charge is 2.31. The number of nitrogens with two attached hydrogens (primary N) is 1. The highest BCUT2D eigenvalue weighted by atomic mass is 16.2. The minimum atomic E-state index is -0.268. The number of hydrogen-bond donors (Lipinski definition) is 3. The molecule has 0 atom stereocenters. The van der Waals surface area contributed by atoms with E-state index in [1.807, 2.05) is 4.90 Å². The van der Waals surface area contributed by atoms with Gasteiger partial charge in [0.25, 0.3) is 5.91 Å². The van der Waals surface area contributed by atoms with Crippen molar-refractivity contribution < 1.29 is 9.59 Å². The van der Waals surface area contributed by atoms with Gasteiger partial charge < -0.3 is 16.0 Å². The molecule has 1 aromatic carbocycles. The number of pyridine rings is 1. The van der Waals surface area contributed by atoms with Crippen LogP contribution in [0.1, 0.15) is 10.4 Å². The van der Waals surface area contributed by atoms with Crippen LogP contribution >= 0.6 is 0 Å². The summed E-state index contributed by atoms with van der Waals surface area (Å²) in [5.41, 5.74) is 6.98. The minimum Gasteiger partial charge on any atom is -0.370 e. The lowest BCUT2D eigenvalue weighted by Gasteiger charge is -2.35. The number of guanidine groups is 1. The largest absolute Gasteiger partial charge is 0.370 e. The van der Waals surface area contributed by atoms with Gasteiger partial charge in [-0.2, -0.15) is 0 Å². The van der Waals surface area contributed by atoms with E-state index in [0.29, 0.717) is 48.9 Å². The summed E-state index contributed by atoms with van der Waals surface area (Å²) in [4.78, 5) is 35.6. The molecule has 144 valence electrons. The molecule has 1 aromatic heterocycles. The summed E-state index contributed by atoms with van der Waals surface area (Å²) in [5, 5.41) is 10.4. The Kier molecular flexibility index (Phi) is 4.66. The summed E-state index contributed by atoms with van der Waals surface area (Å²) < 4.78 is 0. The number of para-hydroxylation sites is 1. The van der Waals surface area contributed by atoms with E-state index in [2.05, 4.69) is 10.3 Å². The van der Waals surface area contributed by atoms with E-state index in [1.165, 1.54) is 4.90 Å². The predicted octanol–water partition coefficient (Wildman–Crippen LogP) is 0.823. The number of fused-ring (bicyclic) bond motifs is 2. The number of rotatable bonds is 2. The molecule has 2 aliphatic rings. The van der Waals surface area contributed by atoms with Crippen LogP contribution in [0.25, 0.3) is 0 Å². The predicted molar refractivity (Wildman–Crippen MR) is 106 cm³/mol. The molecule has 4 rings (SSSR count). The van der Waals surface area contributed by atoms with E-state index < -0.39 is 0 Å². The van der Waals surface area contributed by atoms with Gasteiger partial charge in [0, 0.05) is 32.4 Å². The van der Waals surface area contributed by atoms with Gasteiger partial charge in [-0.3, -0.25) is 24.8 Å². The number of nitrogens with one attached hydrogen (secondary N) is 2. The maximum absolute atomic E-state index is 13.3. The number of piperazine rings is 1. The standard InChI is InChI=1S/C19H21N7O2/c20-19(21)25-10-8-24(9-11-25)12-16(27)26-15-6-2-1-4-13(15)18(28)23-14-5-3-7-22-17(14)26/h1-7H,8-12H2,(H3,20,21)(H,23,28). The molecule has 28 heavy (non-hydrogen) atoms. The number of hydrogen-bond acceptors (Lipinski definition) is 5. The molecule has 0 saturated carbocycles. The third kappa shape index (κ3) is 3.27. The van der Waals surface area contributed by atoms with Crippen LogP contribution in [0, 0.1) is 5.41 Å². The van der Waals surface area contributed by atoms with Gasteiger partial charge in [0.15, 0.2) is 11.8 Å². The molecule has 0 bridgehead atoms. The topological polar surface area (TPSA) is 119 Å². The highest BCUT2D eigenvalue weighted by molar-refractivity contribution is 6.17. The van der Waals surface area contributed by atoms with Crippen molar-refractivity contribution in [1.82, 2.24) is 14.8 Å². The van der Waals surface area contributed by atoms with Crippen LogP contribution in [0.15, 0.2) is 42.6 Å². The summed E-state index contributed by atoms with van der Waals surface area (Å²) in [7, 11) is 0. The lowest BCUT2D eigenvalue weighted by Crippen LogP contribution is -2.52. The number of nitrogens with zero attached hydrogens (tertiary/aromatic N) is 4. The normalized spacial score (nSPS) is 16.6. The van der Waals surface area contributed by atoms with Crippen molar-refractivity contribution in [3.63, 3.8) is 0 Å². The zero-order valence-corrected chi connectivity index (χ0v) is 15.3. The monoisotopic (exact) mass is 379 g/mol. The fraction of sp³-hybridized carbons (Fsp3) is 0.263. The van der Waals surface area contributed by atoms with Crippen LogP contribution in [0.4, 0.5) is 17.2 Å². The van der Waals surface area contributed by atoms with E-state index >= 15 is 0 Å². The van der Waals surface area contributed by atoms with Crippen LogP contribution in [-0.4, -0.2) is 65.3 Å². The number of anilines is 3. The number of benzene rings is 1. The Balaban J connectivity index is 1.63. The second kappa shape index (κ2) is 7.28. The smallest absolute Gasteiger partial charge is 0.257 e. The van der Waals surface area contributed by atoms with E-state index in [4.69, 9.17) is 11.1 Å². The van der Waals surface area contributed by atoms with Crippen LogP contribution in [0.5, 0.6) is 0 Å². The van der Waals surface area contributed by atoms with E-state index in [0.717, 1.165) is 0 Å². The lowest BCUT2D eigenvalue weighted by molar-refractivity contribution is -0.119. The van der Waals surface area contributed by atoms with Crippen LogP contribution in [0.2, 0.25) is 0 Å². The molecule has 9 nitrogen and oxygen atoms in total. The molecule has 0 aliphatic carbocycles. The molecule has 1 fully saturated rings. The summed E-state index contributed by atoms with van der Waals surface area (Å²) in [6.07, 6.45) is 1.60. The van der Waals surface area contributed by atoms with Crippen molar-refractivity contribution in [2.75, 3.05) is 42.9 Å². The molecule has 2 aromatic rings. The maximum atomic E-state index is 13.3. The average Bonchev–Trinajstić information content (AvgIpc) is 2.82. The van der Waals surface area contributed by atoms with Gasteiger partial charge in [0.1, 0.15) is 0 Å². The van der Waals surface area contributed by atoms with Gasteiger partial charge in [-0.15, -0.1) is 0 Å². The first-order valence-corrected chi connectivity index (χ1v) is 9.04. The highest BCUT2D eigenvalue weighted by Crippen LogP contribution is 2.36. The van der Waals surface area contributed by atoms with Gasteiger partial charge in [0.2, 0.25) is 5.91 Å². The number of carbonyl (C=O) groups excluding carboxylic acids is 2. The summed E-state index contributed by atoms with van der Waals surface area (Å²) in [5.74, 6) is 0.0266. The molecule has 0 spiro atoms. The summed E-state index contributed by atoms with van der Waals surface area (Å²) >= 11 is 0. The van der Waals surface area contributed by atoms with E-state index in [-0.39, 0.29) is 24.3 Å². The Morgan fingerprint density at radius 2 is 1.89 bits per heavy atom. The third-order valence-electron chi connectivity index (χ3n) is 4.96. The Labute approximate surface area is 162 Å². The minimum absolute atomic E-state index is 0.0511. The van der Waals surface area contributed by atoms with Crippen molar-refractivity contribution >= 4 is 35.0 Å². The summed E-state index contributed by atoms with van der Waals surface area (Å²) in [6.45, 7) is 2.66. The molecule has 3 heterocycles. The van der Waals surface area contributed by atoms with Gasteiger partial charge in [-0.05, 0) is 24.3 Å². The van der Waals surface area contributed by atoms with Gasteiger partial charge >= 0.3 is 0 Å². The first-order chi connectivity index (χ1) is 13.5. The van der Waals surface area contributed by atoms with Crippen LogP contribution in [0.3, 0.4) is 0 Å². The third-order valence-corrected chi connectivity index (χ3v) is 4.96. The van der Waals surface area contributed by atoms with Gasteiger partial charge in [0.05, 0.1) is 23.5 Å². The second-order valence-electron chi connectivity index (χ2n) is 6.72. The quantitative estimate of drug-likeness (QED) is 0.525. The maximum Gasteiger partial charge on any atom is 0.257 e. The second-order valence-corrected chi connectivity index (χ2v) is 6.72. The van der Waals surface area contributed by atoms with Crippen molar-refractivity contribution in [2.24, 2.45) is 5.73 Å². The molecule has 2 amide bonds. The van der Waals surface area contributed by atoms with Crippen molar-refractivity contribution in [2.45, 2.75) is 0 Å². The number of amides is 2. The fourth-order valence-electron chi connectivity index (χ4n) is 3.50. The first-order valence-electron chi connectivity index (χ1n) is 9.04. The SMILES string of the molecule is N=C(N)N1CCN(CC(=O)N2c3ccccc3C(=O)Nc3cccnc32)CC1. The van der Waals surface area contributed by atoms with Crippen molar-refractivity contribution in [3.05, 3.63) is 48.2 Å². The van der Waals surface area contributed by atoms with Gasteiger partial charge in [-0.1, -0.05) is 12.1 Å². The molecule has 0 unspecified atom stereocenters. The van der Waals surface area contributed by atoms with Crippen molar-refractivity contribution in [3.8, 4) is 0 Å². The zero-order valence-electron chi connectivity index (χ0n) is 15.3. The first kappa shape index (κ1) is 17.9. The molecule has 1 saturated heterocycles. The van der Waals surface area contributed by atoms with E-state index in [1.54, 1.807) is 47.5 Å². The number of aromatic nitrogens is 1. The Morgan fingerprint density at radius 3 is 2.64 bits per heavy atom. The Hall–Kier alpha value is -3.46. The van der Waals surface area contributed by atoms with Crippen molar-refractivity contribution in [1.29, 1.82) is 5.41 Å². The number of carbonyl (C=O) groups is 2. The molecular formula is C19H21N7O2. The molecule has 2 aliphatic heterocycles. The Morgan fingerprint density at radius 1 is 1.14 bits per heavy atom. The van der Waals surface area contributed by atoms with Gasteiger partial charge in [-0.25, -0.2) is 4.98 Å². The van der Waals surface area contributed by atoms with Crippen LogP contribution < -0.4 is 16.0 Å². The average molecular weight is 379 g/mol. The van der Waals surface area contributed by atoms with E-state index in [9.17, 15) is 9.59 Å². The molecule has 0 radical (unpaired) electrons. The summed E-state index contributed by atoms with van der Waals surface area (Å²) in [6, 6.07) is 10.5. The fourth-order valence-corrected chi connectivity index (χ4v) is 3.50. The molecular weight excluding hydrogens is 358 g/mol. The lowest BCUT2D eigenvalue weighted by atomic mass is 10.1. The van der Waals surface area contributed by atoms with Crippen LogP contribution in [-0.2, 0) is 4.79 Å². The molecule has 9 heteroatoms. The zero-order chi connectivity index (χ0) is 19.7. The Bertz CT molecular complexity index is 937.